The van der Waals surface area contributed by atoms with Gasteiger partial charge in [0, 0.05) is 31.1 Å². The maximum absolute atomic E-state index is 14.6. The van der Waals surface area contributed by atoms with E-state index in [4.69, 9.17) is 4.74 Å². The molecule has 1 aliphatic heterocycles. The quantitative estimate of drug-likeness (QED) is 0.477. The molecule has 0 saturated carbocycles. The summed E-state index contributed by atoms with van der Waals surface area (Å²) in [5.41, 5.74) is -1.72. The highest BCUT2D eigenvalue weighted by Crippen LogP contribution is 2.29. The summed E-state index contributed by atoms with van der Waals surface area (Å²) in [6, 6.07) is -0.454. The van der Waals surface area contributed by atoms with E-state index in [1.807, 2.05) is 0 Å². The van der Waals surface area contributed by atoms with Crippen LogP contribution in [0.1, 0.15) is 50.0 Å². The van der Waals surface area contributed by atoms with E-state index in [-0.39, 0.29) is 37.4 Å². The van der Waals surface area contributed by atoms with Crippen LogP contribution in [0.4, 0.5) is 31.1 Å². The molecule has 3 rings (SSSR count). The topological polar surface area (TPSA) is 89.4 Å². The third-order valence-electron chi connectivity index (χ3n) is 5.42. The molecule has 2 amide bonds. The summed E-state index contributed by atoms with van der Waals surface area (Å²) in [6.45, 7) is 5.30. The van der Waals surface area contributed by atoms with Crippen LogP contribution in [0, 0.1) is 24.4 Å². The number of hydrogen-bond donors (Lipinski definition) is 1. The Morgan fingerprint density at radius 1 is 1.11 bits per heavy atom. The molecule has 2 heterocycles. The standard InChI is InChI=1S/C22H25F6N5O3/c1-11-17(24)12(8-14(23)18(11)25)7-13(29-20(35)36-21(2,3)4)9-16(34)32-5-6-33-15(10-32)30-31-19(33)22(26,27)28/h8,13H,5-7,9-10H2,1-4H3,(H,29,35)/t13-/m1/s1. The zero-order valence-corrected chi connectivity index (χ0v) is 20.0. The van der Waals surface area contributed by atoms with Crippen LogP contribution in [0.3, 0.4) is 0 Å². The Hall–Kier alpha value is -3.32. The van der Waals surface area contributed by atoms with Gasteiger partial charge in [0.05, 0.1) is 6.54 Å². The number of aromatic nitrogens is 3. The van der Waals surface area contributed by atoms with Gasteiger partial charge in [0.1, 0.15) is 11.4 Å². The van der Waals surface area contributed by atoms with Gasteiger partial charge >= 0.3 is 12.3 Å². The summed E-state index contributed by atoms with van der Waals surface area (Å²) in [7, 11) is 0. The van der Waals surface area contributed by atoms with Crippen molar-refractivity contribution in [2.45, 2.75) is 71.4 Å². The summed E-state index contributed by atoms with van der Waals surface area (Å²) in [5.74, 6) is -5.48. The molecule has 0 spiro atoms. The van der Waals surface area contributed by atoms with Gasteiger partial charge in [-0.05, 0) is 45.7 Å². The number of halogens is 6. The number of alkyl halides is 3. The Kier molecular flexibility index (Phi) is 7.55. The lowest BCUT2D eigenvalue weighted by Crippen LogP contribution is -2.45. The largest absolute Gasteiger partial charge is 0.451 e. The van der Waals surface area contributed by atoms with Crippen molar-refractivity contribution < 1.29 is 40.7 Å². The molecule has 0 fully saturated rings. The van der Waals surface area contributed by atoms with Gasteiger partial charge in [0.25, 0.3) is 0 Å². The fraction of sp³-hybridized carbons (Fsp3) is 0.545. The SMILES string of the molecule is Cc1c(F)c(F)cc(C[C@H](CC(=O)N2CCn3c(nnc3C(F)(F)F)C2)NC(=O)OC(C)(C)C)c1F. The molecule has 36 heavy (non-hydrogen) atoms. The fourth-order valence-corrected chi connectivity index (χ4v) is 3.78. The molecule has 0 aliphatic carbocycles. The monoisotopic (exact) mass is 521 g/mol. The number of carbonyl (C=O) groups is 2. The third kappa shape index (κ3) is 6.26. The maximum Gasteiger partial charge on any atom is 0.451 e. The van der Waals surface area contributed by atoms with E-state index in [9.17, 15) is 35.9 Å². The van der Waals surface area contributed by atoms with Gasteiger partial charge in [-0.1, -0.05) is 0 Å². The molecule has 14 heteroatoms. The van der Waals surface area contributed by atoms with E-state index in [1.165, 1.54) is 4.90 Å². The maximum atomic E-state index is 14.6. The van der Waals surface area contributed by atoms with E-state index in [1.54, 1.807) is 20.8 Å². The average Bonchev–Trinajstić information content (AvgIpc) is 3.18. The Morgan fingerprint density at radius 3 is 2.39 bits per heavy atom. The molecule has 0 bridgehead atoms. The Balaban J connectivity index is 1.79. The molecule has 198 valence electrons. The average molecular weight is 521 g/mol. The number of benzene rings is 1. The predicted octanol–water partition coefficient (Wildman–Crippen LogP) is 3.89. The first-order chi connectivity index (χ1) is 16.6. The first-order valence-electron chi connectivity index (χ1n) is 11.0. The smallest absolute Gasteiger partial charge is 0.444 e. The molecule has 1 aliphatic rings. The van der Waals surface area contributed by atoms with Crippen molar-refractivity contribution in [2.24, 2.45) is 0 Å². The number of hydrogen-bond acceptors (Lipinski definition) is 5. The number of nitrogens with zero attached hydrogens (tertiary/aromatic N) is 4. The van der Waals surface area contributed by atoms with E-state index in [2.05, 4.69) is 15.5 Å². The second-order valence-electron chi connectivity index (χ2n) is 9.43. The van der Waals surface area contributed by atoms with Crippen LogP contribution in [-0.4, -0.2) is 49.9 Å². The fourth-order valence-electron chi connectivity index (χ4n) is 3.78. The van der Waals surface area contributed by atoms with Gasteiger partial charge in [-0.2, -0.15) is 13.2 Å². The van der Waals surface area contributed by atoms with Crippen LogP contribution in [0.25, 0.3) is 0 Å². The molecular weight excluding hydrogens is 496 g/mol. The second kappa shape index (κ2) is 9.97. The molecule has 0 saturated heterocycles. The molecule has 1 N–H and O–H groups in total. The second-order valence-corrected chi connectivity index (χ2v) is 9.43. The van der Waals surface area contributed by atoms with E-state index >= 15 is 0 Å². The van der Waals surface area contributed by atoms with Crippen molar-refractivity contribution in [1.82, 2.24) is 25.0 Å². The Labute approximate surface area is 202 Å². The van der Waals surface area contributed by atoms with Crippen molar-refractivity contribution in [3.05, 3.63) is 46.3 Å². The number of amides is 2. The lowest BCUT2D eigenvalue weighted by Gasteiger charge is -2.30. The summed E-state index contributed by atoms with van der Waals surface area (Å²) in [6.07, 6.45) is -6.42. The summed E-state index contributed by atoms with van der Waals surface area (Å²) in [5, 5.41) is 9.11. The summed E-state index contributed by atoms with van der Waals surface area (Å²) in [4.78, 5) is 26.5. The van der Waals surface area contributed by atoms with Crippen LogP contribution in [0.5, 0.6) is 0 Å². The minimum atomic E-state index is -4.70. The van der Waals surface area contributed by atoms with E-state index in [0.717, 1.165) is 11.5 Å². The number of carbonyl (C=O) groups excluding carboxylic acids is 2. The first kappa shape index (κ1) is 27.3. The number of fused-ring (bicyclic) bond motifs is 1. The van der Waals surface area contributed by atoms with Gasteiger partial charge in [-0.3, -0.25) is 4.79 Å². The van der Waals surface area contributed by atoms with Gasteiger partial charge in [-0.25, -0.2) is 18.0 Å². The summed E-state index contributed by atoms with van der Waals surface area (Å²) >= 11 is 0. The number of alkyl carbamates (subject to hydrolysis) is 1. The van der Waals surface area contributed by atoms with Gasteiger partial charge < -0.3 is 19.5 Å². The molecule has 1 aromatic carbocycles. The van der Waals surface area contributed by atoms with Crippen LogP contribution in [-0.2, 0) is 35.2 Å². The van der Waals surface area contributed by atoms with E-state index in [0.29, 0.717) is 6.07 Å². The number of nitrogens with one attached hydrogen (secondary N) is 1. The van der Waals surface area contributed by atoms with Crippen molar-refractivity contribution in [2.75, 3.05) is 6.54 Å². The van der Waals surface area contributed by atoms with Crippen LogP contribution < -0.4 is 5.32 Å². The Bertz CT molecular complexity index is 1160. The molecule has 2 aromatic rings. The number of ether oxygens (including phenoxy) is 1. The van der Waals surface area contributed by atoms with Crippen molar-refractivity contribution in [1.29, 1.82) is 0 Å². The molecule has 0 unspecified atom stereocenters. The summed E-state index contributed by atoms with van der Waals surface area (Å²) < 4.78 is 87.5. The van der Waals surface area contributed by atoms with E-state index < -0.39 is 65.1 Å². The molecule has 0 radical (unpaired) electrons. The lowest BCUT2D eigenvalue weighted by molar-refractivity contribution is -0.148. The van der Waals surface area contributed by atoms with Gasteiger partial charge in [0.15, 0.2) is 17.5 Å². The molecule has 1 aromatic heterocycles. The zero-order chi connectivity index (χ0) is 27.0. The lowest BCUT2D eigenvalue weighted by atomic mass is 9.99. The highest BCUT2D eigenvalue weighted by Gasteiger charge is 2.40. The highest BCUT2D eigenvalue weighted by molar-refractivity contribution is 5.78. The normalized spacial score (nSPS) is 14.9. The van der Waals surface area contributed by atoms with Gasteiger partial charge in [-0.15, -0.1) is 10.2 Å². The van der Waals surface area contributed by atoms with Crippen molar-refractivity contribution in [3.8, 4) is 0 Å². The predicted molar refractivity (Wildman–Crippen MR) is 113 cm³/mol. The zero-order valence-electron chi connectivity index (χ0n) is 20.0. The minimum absolute atomic E-state index is 0.0687. The number of rotatable bonds is 5. The van der Waals surface area contributed by atoms with Crippen molar-refractivity contribution in [3.63, 3.8) is 0 Å². The van der Waals surface area contributed by atoms with Crippen molar-refractivity contribution >= 4 is 12.0 Å². The van der Waals surface area contributed by atoms with Gasteiger partial charge in [0.2, 0.25) is 11.7 Å². The first-order valence-corrected chi connectivity index (χ1v) is 11.0. The molecular formula is C22H25F6N5O3. The molecule has 1 atom stereocenters. The third-order valence-corrected chi connectivity index (χ3v) is 5.42. The Morgan fingerprint density at radius 2 is 1.78 bits per heavy atom. The van der Waals surface area contributed by atoms with Crippen LogP contribution in [0.2, 0.25) is 0 Å². The van der Waals surface area contributed by atoms with Crippen LogP contribution in [0.15, 0.2) is 6.07 Å². The van der Waals surface area contributed by atoms with Crippen LogP contribution >= 0.6 is 0 Å². The minimum Gasteiger partial charge on any atom is -0.444 e. The molecule has 8 nitrogen and oxygen atoms in total. The highest BCUT2D eigenvalue weighted by atomic mass is 19.4.